The molecule has 0 fully saturated rings. The average molecular weight is 399 g/mol. The molecule has 3 aromatic carbocycles. The Balaban J connectivity index is 1.32. The van der Waals surface area contributed by atoms with Gasteiger partial charge in [0, 0.05) is 12.5 Å². The lowest BCUT2D eigenvalue weighted by Gasteiger charge is -2.14. The van der Waals surface area contributed by atoms with Crippen LogP contribution in [0.5, 0.6) is 5.75 Å². The molecule has 0 bridgehead atoms. The fraction of sp³-hybridized carbons (Fsp3) is 0.192. The maximum absolute atomic E-state index is 12.2. The summed E-state index contributed by atoms with van der Waals surface area (Å²) >= 11 is 0. The normalized spacial score (nSPS) is 12.5. The van der Waals surface area contributed by atoms with E-state index in [0.29, 0.717) is 13.2 Å². The predicted octanol–water partition coefficient (Wildman–Crippen LogP) is 5.56. The number of fused-ring (bicyclic) bond motifs is 3. The number of nitrogens with one attached hydrogen (secondary N) is 1. The Hall–Kier alpha value is -3.53. The highest BCUT2D eigenvalue weighted by molar-refractivity contribution is 5.79. The van der Waals surface area contributed by atoms with Gasteiger partial charge >= 0.3 is 6.09 Å². The van der Waals surface area contributed by atoms with Crippen molar-refractivity contribution in [2.45, 2.75) is 12.8 Å². The van der Waals surface area contributed by atoms with Gasteiger partial charge in [0.1, 0.15) is 12.4 Å². The molecule has 1 aliphatic rings. The lowest BCUT2D eigenvalue weighted by Crippen LogP contribution is -2.26. The van der Waals surface area contributed by atoms with Gasteiger partial charge in [-0.2, -0.15) is 0 Å². The summed E-state index contributed by atoms with van der Waals surface area (Å²) in [7, 11) is 1.66. The van der Waals surface area contributed by atoms with Crippen LogP contribution in [0.25, 0.3) is 17.2 Å². The Morgan fingerprint density at radius 2 is 1.67 bits per heavy atom. The van der Waals surface area contributed by atoms with E-state index in [4.69, 9.17) is 9.47 Å². The second-order valence-electron chi connectivity index (χ2n) is 7.34. The summed E-state index contributed by atoms with van der Waals surface area (Å²) in [5.74, 6) is 0.917. The van der Waals surface area contributed by atoms with Crippen molar-refractivity contribution < 1.29 is 14.3 Å². The summed E-state index contributed by atoms with van der Waals surface area (Å²) in [5, 5.41) is 2.79. The smallest absolute Gasteiger partial charge is 0.407 e. The fourth-order valence-corrected chi connectivity index (χ4v) is 3.93. The molecule has 0 unspecified atom stereocenters. The zero-order valence-corrected chi connectivity index (χ0v) is 17.2. The second kappa shape index (κ2) is 8.87. The first kappa shape index (κ1) is 19.8. The Morgan fingerprint density at radius 3 is 2.33 bits per heavy atom. The van der Waals surface area contributed by atoms with Crippen molar-refractivity contribution in [1.29, 1.82) is 0 Å². The summed E-state index contributed by atoms with van der Waals surface area (Å²) < 4.78 is 10.9. The molecule has 1 N–H and O–H groups in total. The molecule has 0 atom stereocenters. The van der Waals surface area contributed by atoms with Crippen molar-refractivity contribution in [3.63, 3.8) is 0 Å². The first-order valence-corrected chi connectivity index (χ1v) is 10.1. The molecule has 0 radical (unpaired) electrons. The monoisotopic (exact) mass is 399 g/mol. The average Bonchev–Trinajstić information content (AvgIpc) is 3.10. The molecule has 0 heterocycles. The molecule has 152 valence electrons. The van der Waals surface area contributed by atoms with Crippen LogP contribution in [0, 0.1) is 6.92 Å². The standard InChI is InChI=1S/C26H25NO3/c1-18-13-14-19(16-25(18)29-2)8-7-15-27-26(28)30-17-24-22-11-5-3-9-20(22)21-10-4-6-12-23(21)24/h3-14,16,24H,15,17H2,1-2H3,(H,27,28). The van der Waals surface area contributed by atoms with Crippen LogP contribution in [-0.4, -0.2) is 26.4 Å². The Morgan fingerprint density at radius 1 is 1.00 bits per heavy atom. The van der Waals surface area contributed by atoms with Gasteiger partial charge in [-0.1, -0.05) is 72.8 Å². The van der Waals surface area contributed by atoms with E-state index in [1.54, 1.807) is 7.11 Å². The van der Waals surface area contributed by atoms with E-state index in [0.717, 1.165) is 16.9 Å². The van der Waals surface area contributed by atoms with Crippen LogP contribution in [0.3, 0.4) is 0 Å². The molecular weight excluding hydrogens is 374 g/mol. The summed E-state index contributed by atoms with van der Waals surface area (Å²) in [4.78, 5) is 12.2. The summed E-state index contributed by atoms with van der Waals surface area (Å²) in [6.07, 6.45) is 3.43. The Kier molecular flexibility index (Phi) is 5.84. The van der Waals surface area contributed by atoms with Crippen LogP contribution < -0.4 is 10.1 Å². The van der Waals surface area contributed by atoms with Crippen LogP contribution in [0.15, 0.2) is 72.8 Å². The molecule has 1 aliphatic carbocycles. The van der Waals surface area contributed by atoms with Gasteiger partial charge < -0.3 is 14.8 Å². The summed E-state index contributed by atoms with van der Waals surface area (Å²) in [5.41, 5.74) is 6.97. The summed E-state index contributed by atoms with van der Waals surface area (Å²) in [6, 6.07) is 22.6. The van der Waals surface area contributed by atoms with Crippen LogP contribution in [0.1, 0.15) is 28.2 Å². The number of rotatable bonds is 6. The van der Waals surface area contributed by atoms with Crippen molar-refractivity contribution >= 4 is 12.2 Å². The van der Waals surface area contributed by atoms with E-state index in [1.807, 2.05) is 61.5 Å². The topological polar surface area (TPSA) is 47.6 Å². The zero-order valence-electron chi connectivity index (χ0n) is 17.2. The van der Waals surface area contributed by atoms with Crippen molar-refractivity contribution in [1.82, 2.24) is 5.32 Å². The number of carbonyl (C=O) groups is 1. The molecule has 0 saturated heterocycles. The molecule has 3 aromatic rings. The molecule has 4 nitrogen and oxygen atoms in total. The van der Waals surface area contributed by atoms with Gasteiger partial charge in [0.2, 0.25) is 0 Å². The quantitative estimate of drug-likeness (QED) is 0.591. The number of hydrogen-bond acceptors (Lipinski definition) is 3. The number of amides is 1. The number of benzene rings is 3. The first-order chi connectivity index (χ1) is 14.7. The van der Waals surface area contributed by atoms with Gasteiger partial charge in [-0.05, 0) is 46.4 Å². The SMILES string of the molecule is COc1cc(C=CCNC(=O)OCC2c3ccccc3-c3ccccc32)ccc1C. The minimum absolute atomic E-state index is 0.0683. The number of methoxy groups -OCH3 is 1. The van der Waals surface area contributed by atoms with Gasteiger partial charge in [-0.15, -0.1) is 0 Å². The van der Waals surface area contributed by atoms with Crippen LogP contribution >= 0.6 is 0 Å². The summed E-state index contributed by atoms with van der Waals surface area (Å²) in [6.45, 7) is 2.72. The minimum Gasteiger partial charge on any atom is -0.496 e. The zero-order chi connectivity index (χ0) is 20.9. The molecule has 0 saturated carbocycles. The highest BCUT2D eigenvalue weighted by Gasteiger charge is 2.28. The van der Waals surface area contributed by atoms with Gasteiger partial charge in [0.25, 0.3) is 0 Å². The van der Waals surface area contributed by atoms with E-state index >= 15 is 0 Å². The highest BCUT2D eigenvalue weighted by atomic mass is 16.5. The third-order valence-corrected chi connectivity index (χ3v) is 5.45. The van der Waals surface area contributed by atoms with Gasteiger partial charge in [0.15, 0.2) is 0 Å². The molecule has 4 rings (SSSR count). The van der Waals surface area contributed by atoms with Crippen LogP contribution in [0.2, 0.25) is 0 Å². The lowest BCUT2D eigenvalue weighted by molar-refractivity contribution is 0.144. The number of ether oxygens (including phenoxy) is 2. The molecule has 1 amide bonds. The Bertz CT molecular complexity index is 1040. The fourth-order valence-electron chi connectivity index (χ4n) is 3.93. The largest absolute Gasteiger partial charge is 0.496 e. The number of aryl methyl sites for hydroxylation is 1. The molecule has 0 spiro atoms. The third-order valence-electron chi connectivity index (χ3n) is 5.45. The van der Waals surface area contributed by atoms with Gasteiger partial charge in [-0.25, -0.2) is 4.79 Å². The predicted molar refractivity (Wildman–Crippen MR) is 120 cm³/mol. The van der Waals surface area contributed by atoms with E-state index < -0.39 is 6.09 Å². The number of carbonyl (C=O) groups excluding carboxylic acids is 1. The maximum atomic E-state index is 12.2. The molecule has 0 aromatic heterocycles. The van der Waals surface area contributed by atoms with Gasteiger partial charge in [0.05, 0.1) is 7.11 Å². The maximum Gasteiger partial charge on any atom is 0.407 e. The van der Waals surface area contributed by atoms with Crippen molar-refractivity contribution in [2.24, 2.45) is 0 Å². The minimum atomic E-state index is -0.414. The lowest BCUT2D eigenvalue weighted by atomic mass is 9.98. The Labute approximate surface area is 177 Å². The van der Waals surface area contributed by atoms with Crippen molar-refractivity contribution in [3.8, 4) is 16.9 Å². The van der Waals surface area contributed by atoms with E-state index in [1.165, 1.54) is 22.3 Å². The molecular formula is C26H25NO3. The van der Waals surface area contributed by atoms with E-state index in [9.17, 15) is 4.79 Å². The second-order valence-corrected chi connectivity index (χ2v) is 7.34. The van der Waals surface area contributed by atoms with Crippen LogP contribution in [0.4, 0.5) is 4.79 Å². The third kappa shape index (κ3) is 4.08. The highest BCUT2D eigenvalue weighted by Crippen LogP contribution is 2.44. The van der Waals surface area contributed by atoms with Crippen LogP contribution in [-0.2, 0) is 4.74 Å². The molecule has 4 heteroatoms. The number of alkyl carbamates (subject to hydrolysis) is 1. The molecule has 30 heavy (non-hydrogen) atoms. The molecule has 0 aliphatic heterocycles. The van der Waals surface area contributed by atoms with Crippen molar-refractivity contribution in [2.75, 3.05) is 20.3 Å². The van der Waals surface area contributed by atoms with E-state index in [2.05, 4.69) is 29.6 Å². The van der Waals surface area contributed by atoms with Crippen molar-refractivity contribution in [3.05, 3.63) is 95.1 Å². The first-order valence-electron chi connectivity index (χ1n) is 10.1. The van der Waals surface area contributed by atoms with Gasteiger partial charge in [-0.3, -0.25) is 0 Å². The van der Waals surface area contributed by atoms with E-state index in [-0.39, 0.29) is 5.92 Å². The number of hydrogen-bond donors (Lipinski definition) is 1.